The highest BCUT2D eigenvalue weighted by Crippen LogP contribution is 2.36. The minimum absolute atomic E-state index is 0.00757. The fourth-order valence-corrected chi connectivity index (χ4v) is 4.34. The molecule has 2 heterocycles. The van der Waals surface area contributed by atoms with E-state index in [2.05, 4.69) is 0 Å². The number of halogens is 1. The number of furan rings is 1. The smallest absolute Gasteiger partial charge is 0.371 e. The van der Waals surface area contributed by atoms with Gasteiger partial charge in [0.2, 0.25) is 5.76 Å². The summed E-state index contributed by atoms with van der Waals surface area (Å²) in [5.74, 6) is -0.531. The monoisotopic (exact) mass is 513 g/mol. The van der Waals surface area contributed by atoms with Gasteiger partial charge in [-0.2, -0.15) is 0 Å². The maximum absolute atomic E-state index is 12.9. The Morgan fingerprint density at radius 2 is 1.91 bits per heavy atom. The van der Waals surface area contributed by atoms with Crippen LogP contribution in [0.25, 0.3) is 6.08 Å². The number of carboxylic acid groups (broad SMARTS) is 1. The van der Waals surface area contributed by atoms with E-state index in [1.54, 1.807) is 48.5 Å². The number of carbonyl (C=O) groups excluding carboxylic acids is 2. The molecular formula is C25H20ClNO7S. The van der Waals surface area contributed by atoms with Crippen molar-refractivity contribution < 1.29 is 33.4 Å². The Morgan fingerprint density at radius 3 is 2.63 bits per heavy atom. The standard InChI is InChI=1S/C25H20ClNO7S/c1-2-32-21-11-15(7-9-19(21)33-14-17-8-10-20(34-17)24(29)30)12-22-23(28)27(25(31)35-22)13-16-5-3-4-6-18(16)26/h3-12H,2,13-14H2,1H3,(H,29,30). The molecule has 1 saturated heterocycles. The zero-order chi connectivity index (χ0) is 24.9. The molecule has 180 valence electrons. The normalized spacial score (nSPS) is 14.6. The summed E-state index contributed by atoms with van der Waals surface area (Å²) in [6, 6.07) is 15.0. The van der Waals surface area contributed by atoms with E-state index in [-0.39, 0.29) is 29.1 Å². The third-order valence-corrected chi connectivity index (χ3v) is 6.24. The van der Waals surface area contributed by atoms with Crippen molar-refractivity contribution in [1.82, 2.24) is 4.90 Å². The van der Waals surface area contributed by atoms with E-state index in [1.165, 1.54) is 12.1 Å². The van der Waals surface area contributed by atoms with E-state index in [0.717, 1.165) is 16.7 Å². The first-order chi connectivity index (χ1) is 16.9. The fraction of sp³-hybridized carbons (Fsp3) is 0.160. The summed E-state index contributed by atoms with van der Waals surface area (Å²) in [4.78, 5) is 37.8. The quantitative estimate of drug-likeness (QED) is 0.355. The summed E-state index contributed by atoms with van der Waals surface area (Å²) in [5, 5.41) is 9.08. The van der Waals surface area contributed by atoms with Crippen molar-refractivity contribution in [1.29, 1.82) is 0 Å². The minimum atomic E-state index is -1.16. The van der Waals surface area contributed by atoms with Crippen LogP contribution in [0.15, 0.2) is 63.9 Å². The maximum Gasteiger partial charge on any atom is 0.371 e. The summed E-state index contributed by atoms with van der Waals surface area (Å²) in [6.07, 6.45) is 1.62. The Hall–Kier alpha value is -3.69. The fourth-order valence-electron chi connectivity index (χ4n) is 3.31. The molecule has 4 rings (SSSR count). The number of amides is 2. The van der Waals surface area contributed by atoms with Crippen molar-refractivity contribution in [2.24, 2.45) is 0 Å². The van der Waals surface area contributed by atoms with Crippen molar-refractivity contribution in [3.8, 4) is 11.5 Å². The predicted octanol–water partition coefficient (Wildman–Crippen LogP) is 5.85. The number of thioether (sulfide) groups is 1. The predicted molar refractivity (Wildman–Crippen MR) is 131 cm³/mol. The van der Waals surface area contributed by atoms with Crippen LogP contribution in [0.4, 0.5) is 4.79 Å². The summed E-state index contributed by atoms with van der Waals surface area (Å²) in [5.41, 5.74) is 1.33. The van der Waals surface area contributed by atoms with Gasteiger partial charge in [-0.3, -0.25) is 14.5 Å². The number of nitrogens with zero attached hydrogens (tertiary/aromatic N) is 1. The van der Waals surface area contributed by atoms with Crippen LogP contribution in [-0.4, -0.2) is 33.7 Å². The van der Waals surface area contributed by atoms with E-state index >= 15 is 0 Å². The summed E-state index contributed by atoms with van der Waals surface area (Å²) < 4.78 is 16.6. The maximum atomic E-state index is 12.9. The molecule has 35 heavy (non-hydrogen) atoms. The zero-order valence-corrected chi connectivity index (χ0v) is 20.1. The highest BCUT2D eigenvalue weighted by atomic mass is 35.5. The van der Waals surface area contributed by atoms with E-state index < -0.39 is 11.9 Å². The highest BCUT2D eigenvalue weighted by molar-refractivity contribution is 8.18. The lowest BCUT2D eigenvalue weighted by Crippen LogP contribution is -2.27. The molecule has 0 bridgehead atoms. The lowest BCUT2D eigenvalue weighted by atomic mass is 10.1. The zero-order valence-electron chi connectivity index (χ0n) is 18.5. The number of hydrogen-bond acceptors (Lipinski definition) is 7. The van der Waals surface area contributed by atoms with Gasteiger partial charge in [0.05, 0.1) is 18.1 Å². The third kappa shape index (κ3) is 5.70. The van der Waals surface area contributed by atoms with Crippen molar-refractivity contribution in [2.45, 2.75) is 20.1 Å². The average Bonchev–Trinajstić information content (AvgIpc) is 3.41. The second-order valence-electron chi connectivity index (χ2n) is 7.36. The number of carboxylic acids is 1. The van der Waals surface area contributed by atoms with Crippen LogP contribution in [0.3, 0.4) is 0 Å². The molecule has 1 aromatic heterocycles. The Kier molecular flexibility index (Phi) is 7.48. The van der Waals surface area contributed by atoms with Gasteiger partial charge in [-0.1, -0.05) is 35.9 Å². The van der Waals surface area contributed by atoms with Gasteiger partial charge in [0, 0.05) is 5.02 Å². The molecule has 3 aromatic rings. The highest BCUT2D eigenvalue weighted by Gasteiger charge is 2.35. The molecule has 1 aliphatic heterocycles. The first kappa shape index (κ1) is 24.4. The second kappa shape index (κ2) is 10.7. The van der Waals surface area contributed by atoms with E-state index in [9.17, 15) is 14.4 Å². The Balaban J connectivity index is 1.50. The number of rotatable bonds is 9. The van der Waals surface area contributed by atoms with Crippen LogP contribution in [0, 0.1) is 0 Å². The van der Waals surface area contributed by atoms with Crippen molar-refractivity contribution in [3.05, 3.63) is 87.2 Å². The molecule has 8 nitrogen and oxygen atoms in total. The number of hydrogen-bond donors (Lipinski definition) is 1. The molecule has 0 atom stereocenters. The molecule has 1 aliphatic rings. The molecule has 0 unspecified atom stereocenters. The van der Waals surface area contributed by atoms with Gasteiger partial charge in [-0.05, 0) is 66.2 Å². The van der Waals surface area contributed by atoms with E-state index in [1.807, 2.05) is 6.92 Å². The largest absolute Gasteiger partial charge is 0.490 e. The van der Waals surface area contributed by atoms with Gasteiger partial charge < -0.3 is 19.0 Å². The Labute approximate surface area is 210 Å². The van der Waals surface area contributed by atoms with Crippen LogP contribution >= 0.6 is 23.4 Å². The van der Waals surface area contributed by atoms with Crippen LogP contribution in [-0.2, 0) is 17.9 Å². The molecular weight excluding hydrogens is 494 g/mol. The van der Waals surface area contributed by atoms with Crippen LogP contribution in [0.5, 0.6) is 11.5 Å². The summed E-state index contributed by atoms with van der Waals surface area (Å²) >= 11 is 7.04. The van der Waals surface area contributed by atoms with Crippen LogP contribution in [0.2, 0.25) is 5.02 Å². The first-order valence-corrected chi connectivity index (χ1v) is 11.8. The molecule has 2 amide bonds. The van der Waals surface area contributed by atoms with Crippen molar-refractivity contribution in [3.63, 3.8) is 0 Å². The molecule has 0 spiro atoms. The number of imide groups is 1. The van der Waals surface area contributed by atoms with Gasteiger partial charge in [0.15, 0.2) is 11.5 Å². The van der Waals surface area contributed by atoms with Gasteiger partial charge in [-0.15, -0.1) is 0 Å². The van der Waals surface area contributed by atoms with Crippen molar-refractivity contribution >= 4 is 46.6 Å². The third-order valence-electron chi connectivity index (χ3n) is 4.97. The van der Waals surface area contributed by atoms with Gasteiger partial charge in [0.1, 0.15) is 12.4 Å². The number of carbonyl (C=O) groups is 3. The molecule has 0 radical (unpaired) electrons. The van der Waals surface area contributed by atoms with Crippen LogP contribution < -0.4 is 9.47 Å². The van der Waals surface area contributed by atoms with E-state index in [4.69, 9.17) is 30.6 Å². The molecule has 1 fully saturated rings. The second-order valence-corrected chi connectivity index (χ2v) is 8.76. The summed E-state index contributed by atoms with van der Waals surface area (Å²) in [6.45, 7) is 2.29. The Morgan fingerprint density at radius 1 is 1.11 bits per heavy atom. The average molecular weight is 514 g/mol. The molecule has 0 saturated carbocycles. The molecule has 1 N–H and O–H groups in total. The van der Waals surface area contributed by atoms with E-state index in [0.29, 0.717) is 40.0 Å². The van der Waals surface area contributed by atoms with Crippen molar-refractivity contribution in [2.75, 3.05) is 6.61 Å². The molecule has 2 aromatic carbocycles. The minimum Gasteiger partial charge on any atom is -0.490 e. The first-order valence-electron chi connectivity index (χ1n) is 10.6. The molecule has 0 aliphatic carbocycles. The van der Waals surface area contributed by atoms with Gasteiger partial charge in [-0.25, -0.2) is 4.79 Å². The number of aromatic carboxylic acids is 1. The molecule has 10 heteroatoms. The Bertz CT molecular complexity index is 1320. The number of benzene rings is 2. The van der Waals surface area contributed by atoms with Crippen LogP contribution in [0.1, 0.15) is 34.4 Å². The summed E-state index contributed by atoms with van der Waals surface area (Å²) in [7, 11) is 0. The lowest BCUT2D eigenvalue weighted by Gasteiger charge is -2.13. The van der Waals surface area contributed by atoms with Gasteiger partial charge >= 0.3 is 5.97 Å². The SMILES string of the molecule is CCOc1cc(C=C2SC(=O)N(Cc3ccccc3Cl)C2=O)ccc1OCc1ccc(C(=O)O)o1. The van der Waals surface area contributed by atoms with Gasteiger partial charge in [0.25, 0.3) is 11.1 Å². The number of ether oxygens (including phenoxy) is 2. The lowest BCUT2D eigenvalue weighted by molar-refractivity contribution is -0.123. The topological polar surface area (TPSA) is 106 Å².